The summed E-state index contributed by atoms with van der Waals surface area (Å²) < 4.78 is 20.4. The highest BCUT2D eigenvalue weighted by Crippen LogP contribution is 2.39. The van der Waals surface area contributed by atoms with Gasteiger partial charge in [0, 0.05) is 19.3 Å². The SMILES string of the molecule is CN(CCC(=O)O)c1cc(F)cc(-c2ccc(O[C@H]3CC[C@H](C(C)(C)C)CC3)cc2)c1. The lowest BCUT2D eigenvalue weighted by Crippen LogP contribution is -2.30. The predicted octanol–water partition coefficient (Wildman–Crippen LogP) is 6.39. The predicted molar refractivity (Wildman–Crippen MR) is 123 cm³/mol. The number of rotatable bonds is 7. The van der Waals surface area contributed by atoms with Gasteiger partial charge >= 0.3 is 5.97 Å². The molecule has 0 heterocycles. The molecule has 5 heteroatoms. The lowest BCUT2D eigenvalue weighted by Gasteiger charge is -2.36. The molecule has 31 heavy (non-hydrogen) atoms. The third-order valence-electron chi connectivity index (χ3n) is 6.37. The first-order valence-corrected chi connectivity index (χ1v) is 11.1. The molecule has 1 fully saturated rings. The molecule has 168 valence electrons. The van der Waals surface area contributed by atoms with Crippen molar-refractivity contribution in [2.75, 3.05) is 18.5 Å². The molecule has 0 spiro atoms. The number of nitrogens with zero attached hydrogens (tertiary/aromatic N) is 1. The first-order valence-electron chi connectivity index (χ1n) is 11.1. The van der Waals surface area contributed by atoms with Crippen molar-refractivity contribution in [3.63, 3.8) is 0 Å². The van der Waals surface area contributed by atoms with Crippen LogP contribution in [0.15, 0.2) is 42.5 Å². The second-order valence-electron chi connectivity index (χ2n) is 9.75. The van der Waals surface area contributed by atoms with E-state index in [1.165, 1.54) is 25.0 Å². The largest absolute Gasteiger partial charge is 0.490 e. The molecule has 0 atom stereocenters. The molecule has 2 aromatic rings. The number of hydrogen-bond donors (Lipinski definition) is 1. The van der Waals surface area contributed by atoms with Crippen LogP contribution < -0.4 is 9.64 Å². The summed E-state index contributed by atoms with van der Waals surface area (Å²) in [5.74, 6) is 0.389. The molecule has 3 rings (SSSR count). The van der Waals surface area contributed by atoms with Gasteiger partial charge in [0.15, 0.2) is 0 Å². The van der Waals surface area contributed by atoms with E-state index in [1.807, 2.05) is 30.3 Å². The quantitative estimate of drug-likeness (QED) is 0.556. The van der Waals surface area contributed by atoms with E-state index in [-0.39, 0.29) is 18.3 Å². The van der Waals surface area contributed by atoms with Crippen molar-refractivity contribution in [2.45, 2.75) is 59.0 Å². The number of benzene rings is 2. The van der Waals surface area contributed by atoms with E-state index in [0.29, 0.717) is 17.6 Å². The van der Waals surface area contributed by atoms with E-state index in [1.54, 1.807) is 11.9 Å². The average Bonchev–Trinajstić information content (AvgIpc) is 2.72. The molecule has 0 saturated heterocycles. The highest BCUT2D eigenvalue weighted by Gasteiger charge is 2.30. The summed E-state index contributed by atoms with van der Waals surface area (Å²) in [4.78, 5) is 12.6. The minimum atomic E-state index is -0.869. The van der Waals surface area contributed by atoms with Gasteiger partial charge < -0.3 is 14.7 Å². The molecule has 1 aliphatic rings. The van der Waals surface area contributed by atoms with Crippen molar-refractivity contribution in [3.05, 3.63) is 48.3 Å². The lowest BCUT2D eigenvalue weighted by molar-refractivity contribution is -0.136. The molecule has 1 N–H and O–H groups in total. The Balaban J connectivity index is 1.64. The van der Waals surface area contributed by atoms with Crippen LogP contribution >= 0.6 is 0 Å². The molecule has 1 saturated carbocycles. The van der Waals surface area contributed by atoms with E-state index >= 15 is 0 Å². The highest BCUT2D eigenvalue weighted by molar-refractivity contribution is 5.70. The number of carboxylic acid groups (broad SMARTS) is 1. The van der Waals surface area contributed by atoms with Crippen LogP contribution in [0.2, 0.25) is 0 Å². The number of carbonyl (C=O) groups is 1. The van der Waals surface area contributed by atoms with Crippen molar-refractivity contribution in [3.8, 4) is 16.9 Å². The zero-order valence-corrected chi connectivity index (χ0v) is 19.0. The van der Waals surface area contributed by atoms with Crippen LogP contribution in [0, 0.1) is 17.2 Å². The molecule has 0 radical (unpaired) electrons. The molecule has 2 aromatic carbocycles. The molecular weight excluding hydrogens is 393 g/mol. The first-order chi connectivity index (χ1) is 14.6. The van der Waals surface area contributed by atoms with E-state index in [2.05, 4.69) is 20.8 Å². The summed E-state index contributed by atoms with van der Waals surface area (Å²) in [7, 11) is 1.77. The number of hydrogen-bond acceptors (Lipinski definition) is 3. The van der Waals surface area contributed by atoms with E-state index in [4.69, 9.17) is 9.84 Å². The number of halogens is 1. The number of ether oxygens (including phenoxy) is 1. The maximum absolute atomic E-state index is 14.2. The number of carboxylic acids is 1. The fourth-order valence-corrected chi connectivity index (χ4v) is 4.32. The fourth-order valence-electron chi connectivity index (χ4n) is 4.32. The Kier molecular flexibility index (Phi) is 7.24. The van der Waals surface area contributed by atoms with Gasteiger partial charge in [0.25, 0.3) is 0 Å². The Morgan fingerprint density at radius 2 is 1.71 bits per heavy atom. The monoisotopic (exact) mass is 427 g/mol. The first kappa shape index (κ1) is 23.1. The molecule has 0 unspecified atom stereocenters. The Morgan fingerprint density at radius 3 is 2.29 bits per heavy atom. The van der Waals surface area contributed by atoms with Gasteiger partial charge in [-0.05, 0) is 78.5 Å². The highest BCUT2D eigenvalue weighted by atomic mass is 19.1. The Labute approximate surface area is 185 Å². The topological polar surface area (TPSA) is 49.8 Å². The molecule has 0 aromatic heterocycles. The van der Waals surface area contributed by atoms with E-state index < -0.39 is 5.97 Å². The van der Waals surface area contributed by atoms with Crippen molar-refractivity contribution >= 4 is 11.7 Å². The van der Waals surface area contributed by atoms with Crippen LogP contribution in [0.1, 0.15) is 52.9 Å². The van der Waals surface area contributed by atoms with Crippen LogP contribution in [0.3, 0.4) is 0 Å². The zero-order chi connectivity index (χ0) is 22.6. The average molecular weight is 428 g/mol. The van der Waals surface area contributed by atoms with Crippen LogP contribution in [0.25, 0.3) is 11.1 Å². The van der Waals surface area contributed by atoms with Gasteiger partial charge in [0.1, 0.15) is 11.6 Å². The minimum absolute atomic E-state index is 0.00600. The summed E-state index contributed by atoms with van der Waals surface area (Å²) in [5.41, 5.74) is 2.68. The van der Waals surface area contributed by atoms with Gasteiger partial charge in [-0.2, -0.15) is 0 Å². The number of anilines is 1. The molecule has 4 nitrogen and oxygen atoms in total. The Bertz CT molecular complexity index is 881. The van der Waals surface area contributed by atoms with Crippen molar-refractivity contribution in [1.82, 2.24) is 0 Å². The van der Waals surface area contributed by atoms with Gasteiger partial charge in [-0.15, -0.1) is 0 Å². The number of aliphatic carboxylic acids is 1. The minimum Gasteiger partial charge on any atom is -0.490 e. The van der Waals surface area contributed by atoms with Crippen molar-refractivity contribution in [2.24, 2.45) is 11.3 Å². The van der Waals surface area contributed by atoms with Gasteiger partial charge in [-0.3, -0.25) is 4.79 Å². The molecule has 0 bridgehead atoms. The summed E-state index contributed by atoms with van der Waals surface area (Å²) in [5, 5.41) is 8.88. The lowest BCUT2D eigenvalue weighted by atomic mass is 9.72. The van der Waals surface area contributed by atoms with Crippen LogP contribution in [0.5, 0.6) is 5.75 Å². The van der Waals surface area contributed by atoms with Gasteiger partial charge in [0.2, 0.25) is 0 Å². The maximum atomic E-state index is 14.2. The van der Waals surface area contributed by atoms with Crippen molar-refractivity contribution in [1.29, 1.82) is 0 Å². The van der Waals surface area contributed by atoms with E-state index in [9.17, 15) is 9.18 Å². The molecule has 0 amide bonds. The van der Waals surface area contributed by atoms with Gasteiger partial charge in [-0.25, -0.2) is 4.39 Å². The van der Waals surface area contributed by atoms with Gasteiger partial charge in [0.05, 0.1) is 12.5 Å². The van der Waals surface area contributed by atoms with Crippen LogP contribution in [-0.4, -0.2) is 30.8 Å². The third-order valence-corrected chi connectivity index (χ3v) is 6.37. The Hall–Kier alpha value is -2.56. The molecule has 1 aliphatic carbocycles. The fraction of sp³-hybridized carbons (Fsp3) is 0.500. The van der Waals surface area contributed by atoms with Crippen molar-refractivity contribution < 1.29 is 19.0 Å². The summed E-state index contributed by atoms with van der Waals surface area (Å²) in [6.07, 6.45) is 4.83. The Morgan fingerprint density at radius 1 is 1.06 bits per heavy atom. The second kappa shape index (κ2) is 9.71. The van der Waals surface area contributed by atoms with Crippen LogP contribution in [-0.2, 0) is 4.79 Å². The van der Waals surface area contributed by atoms with Gasteiger partial charge in [-0.1, -0.05) is 32.9 Å². The maximum Gasteiger partial charge on any atom is 0.305 e. The third kappa shape index (κ3) is 6.46. The summed E-state index contributed by atoms with van der Waals surface area (Å²) in [6.45, 7) is 7.28. The normalized spacial score (nSPS) is 19.1. The van der Waals surface area contributed by atoms with Crippen LogP contribution in [0.4, 0.5) is 10.1 Å². The summed E-state index contributed by atoms with van der Waals surface area (Å²) >= 11 is 0. The smallest absolute Gasteiger partial charge is 0.305 e. The molecule has 0 aliphatic heterocycles. The second-order valence-corrected chi connectivity index (χ2v) is 9.75. The van der Waals surface area contributed by atoms with E-state index in [0.717, 1.165) is 35.6 Å². The standard InChI is InChI=1S/C26H34FNO3/c1-26(2,3)20-7-11-24(12-8-20)31-23-9-5-18(6-10-23)19-15-21(27)17-22(16-19)28(4)14-13-25(29)30/h5-6,9-10,15-17,20,24H,7-8,11-14H2,1-4H3,(H,29,30)/t20-,24-. The molecular formula is C26H34FNO3. The zero-order valence-electron chi connectivity index (χ0n) is 19.0. The summed E-state index contributed by atoms with van der Waals surface area (Å²) in [6, 6.07) is 12.6.